The fourth-order valence-electron chi connectivity index (χ4n) is 5.14. The van der Waals surface area contributed by atoms with Gasteiger partial charge in [-0.05, 0) is 49.7 Å². The highest BCUT2D eigenvalue weighted by atomic mass is 16.5. The van der Waals surface area contributed by atoms with E-state index in [1.54, 1.807) is 0 Å². The summed E-state index contributed by atoms with van der Waals surface area (Å²) in [6.45, 7) is 7.72. The van der Waals surface area contributed by atoms with Crippen LogP contribution in [-0.4, -0.2) is 57.9 Å². The third kappa shape index (κ3) is 4.60. The SMILES string of the molecule is CCCc1[nH+]c(N2CC[NH+](CC(=O)NC[C@@H]3CCCO3)CC2)c(C#N)c2c1CCC2. The Balaban J connectivity index is 1.36. The van der Waals surface area contributed by atoms with Crippen molar-refractivity contribution >= 4 is 11.7 Å². The molecule has 0 spiro atoms. The number of piperazine rings is 1. The van der Waals surface area contributed by atoms with Gasteiger partial charge in [0.1, 0.15) is 43.5 Å². The van der Waals surface area contributed by atoms with Crippen LogP contribution in [0.15, 0.2) is 0 Å². The van der Waals surface area contributed by atoms with Crippen molar-refractivity contribution in [2.24, 2.45) is 0 Å². The van der Waals surface area contributed by atoms with Gasteiger partial charge in [0.2, 0.25) is 0 Å². The number of hydrogen-bond donors (Lipinski definition) is 2. The number of nitrogens with one attached hydrogen (secondary N) is 3. The number of hydrogen-bond acceptors (Lipinski definition) is 4. The smallest absolute Gasteiger partial charge is 0.293 e. The van der Waals surface area contributed by atoms with Crippen LogP contribution < -0.4 is 20.1 Å². The Labute approximate surface area is 179 Å². The van der Waals surface area contributed by atoms with E-state index in [1.165, 1.54) is 21.7 Å². The predicted molar refractivity (Wildman–Crippen MR) is 113 cm³/mol. The molecular formula is C23H35N5O2+2. The summed E-state index contributed by atoms with van der Waals surface area (Å²) in [5, 5.41) is 12.9. The summed E-state index contributed by atoms with van der Waals surface area (Å²) < 4.78 is 5.58. The molecular weight excluding hydrogens is 378 g/mol. The molecule has 2 saturated heterocycles. The predicted octanol–water partition coefficient (Wildman–Crippen LogP) is -0.186. The number of quaternary nitrogens is 1. The minimum Gasteiger partial charge on any atom is -0.376 e. The molecule has 3 heterocycles. The van der Waals surface area contributed by atoms with Crippen LogP contribution in [0.3, 0.4) is 0 Å². The molecule has 7 heteroatoms. The van der Waals surface area contributed by atoms with Crippen molar-refractivity contribution in [2.75, 3.05) is 50.8 Å². The third-order valence-electron chi connectivity index (χ3n) is 6.75. The van der Waals surface area contributed by atoms with Crippen molar-refractivity contribution in [3.05, 3.63) is 22.4 Å². The standard InChI is InChI=1S/C23H33N5O2/c1-2-5-21-19-8-3-7-18(19)20(14-24)23(26-21)28-11-9-27(10-12-28)16-22(29)25-15-17-6-4-13-30-17/h17H,2-13,15-16H2,1H3,(H,25,29)/p+2/t17-/m0/s1. The van der Waals surface area contributed by atoms with Crippen molar-refractivity contribution in [3.8, 4) is 6.07 Å². The number of anilines is 1. The Hall–Kier alpha value is -2.17. The molecule has 1 aliphatic carbocycles. The molecule has 3 aliphatic rings. The van der Waals surface area contributed by atoms with Gasteiger partial charge in [-0.3, -0.25) is 4.79 Å². The lowest BCUT2D eigenvalue weighted by Crippen LogP contribution is -3.16. The Bertz CT molecular complexity index is 805. The van der Waals surface area contributed by atoms with Gasteiger partial charge in [0.15, 0.2) is 6.54 Å². The second-order valence-electron chi connectivity index (χ2n) is 8.85. The van der Waals surface area contributed by atoms with E-state index in [0.717, 1.165) is 89.1 Å². The second kappa shape index (κ2) is 9.76. The molecule has 3 N–H and O–H groups in total. The number of aromatic amines is 1. The zero-order valence-corrected chi connectivity index (χ0v) is 18.2. The fourth-order valence-corrected chi connectivity index (χ4v) is 5.14. The van der Waals surface area contributed by atoms with Crippen LogP contribution >= 0.6 is 0 Å². The van der Waals surface area contributed by atoms with Gasteiger partial charge < -0.3 is 15.0 Å². The van der Waals surface area contributed by atoms with E-state index in [-0.39, 0.29) is 12.0 Å². The Kier molecular flexibility index (Phi) is 6.86. The summed E-state index contributed by atoms with van der Waals surface area (Å²) in [5.74, 6) is 1.12. The molecule has 0 unspecified atom stereocenters. The maximum Gasteiger partial charge on any atom is 0.293 e. The molecule has 0 saturated carbocycles. The van der Waals surface area contributed by atoms with Crippen LogP contribution in [-0.2, 0) is 28.8 Å². The Morgan fingerprint density at radius 3 is 2.80 bits per heavy atom. The van der Waals surface area contributed by atoms with Crippen molar-refractivity contribution < 1.29 is 19.4 Å². The molecule has 1 aromatic rings. The lowest BCUT2D eigenvalue weighted by molar-refractivity contribution is -0.892. The number of pyridine rings is 1. The number of H-pyrrole nitrogens is 1. The maximum absolute atomic E-state index is 12.3. The Morgan fingerprint density at radius 1 is 1.30 bits per heavy atom. The fraction of sp³-hybridized carbons (Fsp3) is 0.696. The van der Waals surface area contributed by atoms with Gasteiger partial charge in [-0.1, -0.05) is 6.92 Å². The van der Waals surface area contributed by atoms with Crippen molar-refractivity contribution in [2.45, 2.75) is 58.0 Å². The Morgan fingerprint density at radius 2 is 2.10 bits per heavy atom. The summed E-state index contributed by atoms with van der Waals surface area (Å²) in [6, 6.07) is 2.49. The van der Waals surface area contributed by atoms with Gasteiger partial charge >= 0.3 is 0 Å². The van der Waals surface area contributed by atoms with Crippen LogP contribution in [0.2, 0.25) is 0 Å². The van der Waals surface area contributed by atoms with Gasteiger partial charge in [0.25, 0.3) is 11.7 Å². The highest BCUT2D eigenvalue weighted by Crippen LogP contribution is 2.31. The number of nitrogens with zero attached hydrogens (tertiary/aromatic N) is 2. The number of aryl methyl sites for hydroxylation is 1. The average Bonchev–Trinajstić information content (AvgIpc) is 3.45. The molecule has 4 rings (SSSR count). The van der Waals surface area contributed by atoms with E-state index in [4.69, 9.17) is 4.74 Å². The number of nitriles is 1. The van der Waals surface area contributed by atoms with Gasteiger partial charge in [-0.15, -0.1) is 0 Å². The zero-order valence-electron chi connectivity index (χ0n) is 18.2. The van der Waals surface area contributed by atoms with E-state index in [1.807, 2.05) is 0 Å². The van der Waals surface area contributed by atoms with E-state index in [2.05, 4.69) is 28.2 Å². The highest BCUT2D eigenvalue weighted by Gasteiger charge is 2.34. The molecule has 2 fully saturated rings. The first kappa shape index (κ1) is 21.1. The largest absolute Gasteiger partial charge is 0.376 e. The summed E-state index contributed by atoms with van der Waals surface area (Å²) >= 11 is 0. The summed E-state index contributed by atoms with van der Waals surface area (Å²) in [5.41, 5.74) is 4.84. The zero-order chi connectivity index (χ0) is 20.9. The number of carbonyl (C=O) groups is 1. The molecule has 162 valence electrons. The van der Waals surface area contributed by atoms with Gasteiger partial charge in [0.05, 0.1) is 6.10 Å². The van der Waals surface area contributed by atoms with Crippen LogP contribution in [0.25, 0.3) is 0 Å². The van der Waals surface area contributed by atoms with Crippen LogP contribution in [0.5, 0.6) is 0 Å². The number of carbonyl (C=O) groups excluding carboxylic acids is 1. The lowest BCUT2D eigenvalue weighted by atomic mass is 10.0. The number of rotatable bonds is 7. The van der Waals surface area contributed by atoms with Crippen LogP contribution in [0.4, 0.5) is 5.82 Å². The van der Waals surface area contributed by atoms with Crippen molar-refractivity contribution in [1.82, 2.24) is 5.32 Å². The molecule has 1 aromatic heterocycles. The monoisotopic (exact) mass is 413 g/mol. The van der Waals surface area contributed by atoms with E-state index in [0.29, 0.717) is 13.1 Å². The second-order valence-corrected chi connectivity index (χ2v) is 8.85. The first-order chi connectivity index (χ1) is 14.7. The third-order valence-corrected chi connectivity index (χ3v) is 6.75. The molecule has 2 aliphatic heterocycles. The number of amides is 1. The summed E-state index contributed by atoms with van der Waals surface area (Å²) in [7, 11) is 0. The molecule has 0 bridgehead atoms. The first-order valence-corrected chi connectivity index (χ1v) is 11.7. The van der Waals surface area contributed by atoms with Gasteiger partial charge in [-0.25, -0.2) is 9.88 Å². The minimum absolute atomic E-state index is 0.112. The molecule has 1 amide bonds. The first-order valence-electron chi connectivity index (χ1n) is 11.7. The van der Waals surface area contributed by atoms with E-state index in [9.17, 15) is 10.1 Å². The van der Waals surface area contributed by atoms with Gasteiger partial charge in [-0.2, -0.15) is 5.26 Å². The molecule has 7 nitrogen and oxygen atoms in total. The maximum atomic E-state index is 12.3. The number of fused-ring (bicyclic) bond motifs is 1. The lowest BCUT2D eigenvalue weighted by Gasteiger charge is -2.29. The minimum atomic E-state index is 0.112. The van der Waals surface area contributed by atoms with Crippen LogP contribution in [0, 0.1) is 11.3 Å². The molecule has 0 aromatic carbocycles. The topological polar surface area (TPSA) is 83.9 Å². The number of aromatic nitrogens is 1. The van der Waals surface area contributed by atoms with Crippen LogP contribution in [0.1, 0.15) is 55.0 Å². The van der Waals surface area contributed by atoms with Gasteiger partial charge in [0, 0.05) is 19.6 Å². The molecule has 1 atom stereocenters. The molecule has 30 heavy (non-hydrogen) atoms. The highest BCUT2D eigenvalue weighted by molar-refractivity contribution is 5.76. The van der Waals surface area contributed by atoms with E-state index < -0.39 is 0 Å². The average molecular weight is 414 g/mol. The van der Waals surface area contributed by atoms with E-state index >= 15 is 0 Å². The quantitative estimate of drug-likeness (QED) is 0.649. The normalized spacial score (nSPS) is 21.5. The van der Waals surface area contributed by atoms with Crippen molar-refractivity contribution in [3.63, 3.8) is 0 Å². The molecule has 0 radical (unpaired) electrons. The number of ether oxygens (including phenoxy) is 1. The van der Waals surface area contributed by atoms with Crippen molar-refractivity contribution in [1.29, 1.82) is 5.26 Å². The summed E-state index contributed by atoms with van der Waals surface area (Å²) in [4.78, 5) is 19.6. The summed E-state index contributed by atoms with van der Waals surface area (Å²) in [6.07, 6.45) is 7.74.